The van der Waals surface area contributed by atoms with Gasteiger partial charge in [0.05, 0.1) is 19.9 Å². The summed E-state index contributed by atoms with van der Waals surface area (Å²) in [6, 6.07) is 10.2. The molecule has 1 heterocycles. The fourth-order valence-corrected chi connectivity index (χ4v) is 2.46. The Bertz CT molecular complexity index is 781. The van der Waals surface area contributed by atoms with E-state index in [0.717, 1.165) is 0 Å². The van der Waals surface area contributed by atoms with Crippen LogP contribution < -0.4 is 24.8 Å². The molecule has 7 nitrogen and oxygen atoms in total. The molecule has 0 unspecified atom stereocenters. The van der Waals surface area contributed by atoms with Crippen LogP contribution in [0.3, 0.4) is 0 Å². The van der Waals surface area contributed by atoms with Gasteiger partial charge in [-0.05, 0) is 24.3 Å². The van der Waals surface area contributed by atoms with E-state index in [-0.39, 0.29) is 18.1 Å². The number of anilines is 2. The van der Waals surface area contributed by atoms with Gasteiger partial charge in [0.15, 0.2) is 6.61 Å². The summed E-state index contributed by atoms with van der Waals surface area (Å²) >= 11 is 0. The van der Waals surface area contributed by atoms with Crippen molar-refractivity contribution in [3.05, 3.63) is 42.0 Å². The number of carbonyl (C=O) groups excluding carboxylic acids is 2. The molecule has 0 bridgehead atoms. The van der Waals surface area contributed by atoms with E-state index in [1.807, 2.05) is 0 Å². The number of nitrogens with one attached hydrogen (secondary N) is 2. The Hall–Kier alpha value is -3.22. The van der Waals surface area contributed by atoms with E-state index in [4.69, 9.17) is 14.2 Å². The van der Waals surface area contributed by atoms with Crippen molar-refractivity contribution in [1.82, 2.24) is 0 Å². The fourth-order valence-electron chi connectivity index (χ4n) is 2.46. The highest BCUT2D eigenvalue weighted by Gasteiger charge is 2.23. The lowest BCUT2D eigenvalue weighted by Crippen LogP contribution is -2.26. The van der Waals surface area contributed by atoms with E-state index >= 15 is 0 Å². The first kappa shape index (κ1) is 15.7. The summed E-state index contributed by atoms with van der Waals surface area (Å²) in [5.41, 5.74) is 1.12. The van der Waals surface area contributed by atoms with E-state index in [1.165, 1.54) is 14.2 Å². The summed E-state index contributed by atoms with van der Waals surface area (Å²) in [7, 11) is 2.95. The molecular weight excluding hydrogens is 312 g/mol. The first-order valence-electron chi connectivity index (χ1n) is 7.22. The van der Waals surface area contributed by atoms with E-state index in [9.17, 15) is 9.59 Å². The van der Waals surface area contributed by atoms with Gasteiger partial charge in [0, 0.05) is 0 Å². The molecule has 0 saturated carbocycles. The molecular formula is C17H16N2O5. The number of rotatable bonds is 4. The van der Waals surface area contributed by atoms with Gasteiger partial charge >= 0.3 is 0 Å². The summed E-state index contributed by atoms with van der Waals surface area (Å²) in [4.78, 5) is 24.3. The van der Waals surface area contributed by atoms with Crippen LogP contribution in [0.1, 0.15) is 10.4 Å². The Morgan fingerprint density at radius 3 is 2.46 bits per heavy atom. The van der Waals surface area contributed by atoms with Crippen molar-refractivity contribution in [3.8, 4) is 17.2 Å². The molecule has 2 amide bonds. The van der Waals surface area contributed by atoms with E-state index in [1.54, 1.807) is 36.4 Å². The highest BCUT2D eigenvalue weighted by Crippen LogP contribution is 2.36. The minimum Gasteiger partial charge on any atom is -0.496 e. The molecule has 24 heavy (non-hydrogen) atoms. The van der Waals surface area contributed by atoms with Gasteiger partial charge in [-0.2, -0.15) is 0 Å². The number of methoxy groups -OCH3 is 2. The molecule has 124 valence electrons. The second kappa shape index (κ2) is 6.49. The van der Waals surface area contributed by atoms with Crippen LogP contribution in [0.15, 0.2) is 36.4 Å². The molecule has 2 aromatic rings. The van der Waals surface area contributed by atoms with Crippen LogP contribution in [0.5, 0.6) is 17.2 Å². The maximum Gasteiger partial charge on any atom is 0.263 e. The van der Waals surface area contributed by atoms with Crippen LogP contribution in [0, 0.1) is 0 Å². The van der Waals surface area contributed by atoms with Gasteiger partial charge in [0.25, 0.3) is 11.8 Å². The summed E-state index contributed by atoms with van der Waals surface area (Å²) < 4.78 is 15.8. The highest BCUT2D eigenvalue weighted by atomic mass is 16.5. The molecule has 7 heteroatoms. The topological polar surface area (TPSA) is 85.9 Å². The number of ether oxygens (including phenoxy) is 3. The number of fused-ring (bicyclic) bond motifs is 1. The van der Waals surface area contributed by atoms with Crippen LogP contribution in [0.2, 0.25) is 0 Å². The smallest absolute Gasteiger partial charge is 0.263 e. The molecule has 2 N–H and O–H groups in total. The Morgan fingerprint density at radius 2 is 1.79 bits per heavy atom. The number of hydrogen-bond acceptors (Lipinski definition) is 5. The molecule has 0 saturated heterocycles. The second-order valence-electron chi connectivity index (χ2n) is 5.01. The van der Waals surface area contributed by atoms with Crippen LogP contribution in [-0.4, -0.2) is 32.6 Å². The number of amides is 2. The number of hydrogen-bond donors (Lipinski definition) is 2. The molecule has 0 aromatic heterocycles. The number of benzene rings is 2. The molecule has 0 atom stereocenters. The average molecular weight is 328 g/mol. The predicted molar refractivity (Wildman–Crippen MR) is 88.1 cm³/mol. The third-order valence-electron chi connectivity index (χ3n) is 3.55. The first-order chi connectivity index (χ1) is 11.6. The SMILES string of the molecule is COc1cccc(OC)c1C(=O)Nc1cccc2c1NC(=O)CO2. The van der Waals surface area contributed by atoms with Crippen molar-refractivity contribution >= 4 is 23.2 Å². The van der Waals surface area contributed by atoms with Crippen molar-refractivity contribution in [1.29, 1.82) is 0 Å². The molecule has 0 spiro atoms. The fraction of sp³-hybridized carbons (Fsp3) is 0.176. The van der Waals surface area contributed by atoms with Gasteiger partial charge in [-0.3, -0.25) is 9.59 Å². The second-order valence-corrected chi connectivity index (χ2v) is 5.01. The Morgan fingerprint density at radius 1 is 1.12 bits per heavy atom. The minimum absolute atomic E-state index is 0.0509. The van der Waals surface area contributed by atoms with Gasteiger partial charge in [-0.15, -0.1) is 0 Å². The van der Waals surface area contributed by atoms with Crippen molar-refractivity contribution in [2.45, 2.75) is 0 Å². The van der Waals surface area contributed by atoms with Crippen LogP contribution in [0.4, 0.5) is 11.4 Å². The lowest BCUT2D eigenvalue weighted by molar-refractivity contribution is -0.118. The van der Waals surface area contributed by atoms with E-state index < -0.39 is 5.91 Å². The van der Waals surface area contributed by atoms with Gasteiger partial charge in [0.2, 0.25) is 0 Å². The quantitative estimate of drug-likeness (QED) is 0.899. The zero-order valence-corrected chi connectivity index (χ0v) is 13.2. The van der Waals surface area contributed by atoms with E-state index in [0.29, 0.717) is 28.6 Å². The van der Waals surface area contributed by atoms with Crippen LogP contribution >= 0.6 is 0 Å². The van der Waals surface area contributed by atoms with Crippen molar-refractivity contribution in [3.63, 3.8) is 0 Å². The molecule has 1 aliphatic heterocycles. The van der Waals surface area contributed by atoms with Gasteiger partial charge < -0.3 is 24.8 Å². The average Bonchev–Trinajstić information content (AvgIpc) is 2.61. The summed E-state index contributed by atoms with van der Waals surface area (Å²) in [5.74, 6) is 0.574. The third-order valence-corrected chi connectivity index (χ3v) is 3.55. The Kier molecular flexibility index (Phi) is 4.24. The van der Waals surface area contributed by atoms with Crippen molar-refractivity contribution < 1.29 is 23.8 Å². The normalized spacial score (nSPS) is 12.5. The van der Waals surface area contributed by atoms with E-state index in [2.05, 4.69) is 10.6 Å². The molecule has 1 aliphatic rings. The molecule has 3 rings (SSSR count). The Labute approximate surface area is 138 Å². The molecule has 0 fully saturated rings. The van der Waals surface area contributed by atoms with Gasteiger partial charge in [-0.25, -0.2) is 0 Å². The highest BCUT2D eigenvalue weighted by molar-refractivity contribution is 6.11. The maximum atomic E-state index is 12.7. The number of para-hydroxylation sites is 1. The predicted octanol–water partition coefficient (Wildman–Crippen LogP) is 2.29. The molecule has 0 radical (unpaired) electrons. The first-order valence-corrected chi connectivity index (χ1v) is 7.22. The van der Waals surface area contributed by atoms with Gasteiger partial charge in [-0.1, -0.05) is 12.1 Å². The monoisotopic (exact) mass is 328 g/mol. The lowest BCUT2D eigenvalue weighted by atomic mass is 10.1. The largest absolute Gasteiger partial charge is 0.496 e. The number of carbonyl (C=O) groups is 2. The van der Waals surface area contributed by atoms with Crippen molar-refractivity contribution in [2.24, 2.45) is 0 Å². The van der Waals surface area contributed by atoms with Crippen molar-refractivity contribution in [2.75, 3.05) is 31.5 Å². The zero-order chi connectivity index (χ0) is 17.1. The third kappa shape index (κ3) is 2.83. The lowest BCUT2D eigenvalue weighted by Gasteiger charge is -2.21. The zero-order valence-electron chi connectivity index (χ0n) is 13.2. The summed E-state index contributed by atoms with van der Waals surface area (Å²) in [6.07, 6.45) is 0. The van der Waals surface area contributed by atoms with Crippen LogP contribution in [-0.2, 0) is 4.79 Å². The standard InChI is InChI=1S/C17H16N2O5/c1-22-11-6-4-7-12(23-2)15(11)17(21)18-10-5-3-8-13-16(10)19-14(20)9-24-13/h3-8H,9H2,1-2H3,(H,18,21)(H,19,20). The minimum atomic E-state index is -0.419. The summed E-state index contributed by atoms with van der Waals surface area (Å²) in [6.45, 7) is -0.0509. The molecule has 0 aliphatic carbocycles. The van der Waals surface area contributed by atoms with Gasteiger partial charge in [0.1, 0.15) is 28.5 Å². The van der Waals surface area contributed by atoms with Crippen LogP contribution in [0.25, 0.3) is 0 Å². The molecule has 2 aromatic carbocycles. The Balaban J connectivity index is 1.96. The maximum absolute atomic E-state index is 12.7. The summed E-state index contributed by atoms with van der Waals surface area (Å²) in [5, 5.41) is 5.46.